The maximum absolute atomic E-state index is 8.52. The van der Waals surface area contributed by atoms with Gasteiger partial charge in [-0.25, -0.2) is 39.1 Å². The summed E-state index contributed by atoms with van der Waals surface area (Å²) in [7, 11) is 0. The zero-order valence-corrected chi connectivity index (χ0v) is 26.2. The van der Waals surface area contributed by atoms with Crippen molar-refractivity contribution in [3.63, 3.8) is 0 Å². The Morgan fingerprint density at radius 2 is 0.514 bits per heavy atom. The first-order valence-electron chi connectivity index (χ1n) is 11.2. The van der Waals surface area contributed by atoms with Crippen molar-refractivity contribution >= 4 is 23.9 Å². The van der Waals surface area contributed by atoms with Crippen LogP contribution in [0.25, 0.3) is 0 Å². The topological polar surface area (TPSA) is 155 Å². The quantitative estimate of drug-likeness (QED) is 0.0640. The fourth-order valence-corrected chi connectivity index (χ4v) is 0.829. The molecule has 12 nitrogen and oxygen atoms in total. The first-order valence-corrected chi connectivity index (χ1v) is 11.2. The van der Waals surface area contributed by atoms with E-state index >= 15 is 0 Å². The van der Waals surface area contributed by atoms with Crippen LogP contribution in [0, 0.1) is 0 Å². The second-order valence-corrected chi connectivity index (χ2v) is 6.93. The van der Waals surface area contributed by atoms with Gasteiger partial charge >= 0.3 is 0 Å². The van der Waals surface area contributed by atoms with E-state index in [9.17, 15) is 0 Å². The Bertz CT molecular complexity index is 416. The second kappa shape index (κ2) is 33.3. The van der Waals surface area contributed by atoms with Crippen LogP contribution in [0.4, 0.5) is 0 Å². The SMILES string of the molecule is C=CC(C)OOC(C)O.C=CC(C)OOC(C)O.C=CC(C)OOC(C)O.C=CC(C)OOC(C)O.[Sn]. The molecule has 0 aromatic carbocycles. The van der Waals surface area contributed by atoms with E-state index in [4.69, 9.17) is 20.4 Å². The fourth-order valence-electron chi connectivity index (χ4n) is 0.829. The summed E-state index contributed by atoms with van der Waals surface area (Å²) in [5, 5.41) is 34.1. The molecule has 0 saturated heterocycles. The van der Waals surface area contributed by atoms with Crippen LogP contribution in [-0.2, 0) is 39.1 Å². The van der Waals surface area contributed by atoms with Crippen LogP contribution in [0.1, 0.15) is 55.4 Å². The summed E-state index contributed by atoms with van der Waals surface area (Å²) in [6.07, 6.45) is 2.04. The largest absolute Gasteiger partial charge is 0.366 e. The molecule has 0 spiro atoms. The van der Waals surface area contributed by atoms with Crippen molar-refractivity contribution in [1.29, 1.82) is 0 Å². The summed E-state index contributed by atoms with van der Waals surface area (Å²) >= 11 is 0. The number of aliphatic hydroxyl groups is 4. The van der Waals surface area contributed by atoms with Gasteiger partial charge in [0.05, 0.1) is 0 Å². The zero-order chi connectivity index (χ0) is 29.1. The van der Waals surface area contributed by atoms with Gasteiger partial charge < -0.3 is 20.4 Å². The van der Waals surface area contributed by atoms with Gasteiger partial charge in [0.25, 0.3) is 0 Å². The van der Waals surface area contributed by atoms with Gasteiger partial charge in [0.2, 0.25) is 0 Å². The van der Waals surface area contributed by atoms with Crippen LogP contribution in [-0.4, -0.2) is 93.9 Å². The van der Waals surface area contributed by atoms with Crippen LogP contribution in [0.5, 0.6) is 0 Å². The van der Waals surface area contributed by atoms with E-state index in [-0.39, 0.29) is 48.3 Å². The standard InChI is InChI=1S/4C6H12O3.Sn/c4*1-4-5(2)8-9-6(3)7;/h4*4-7H,1H2,2-3H3;. The van der Waals surface area contributed by atoms with Crippen molar-refractivity contribution in [3.05, 3.63) is 50.6 Å². The average molecular weight is 647 g/mol. The Morgan fingerprint density at radius 1 is 0.378 bits per heavy atom. The fraction of sp³-hybridized carbons (Fsp3) is 0.667. The Morgan fingerprint density at radius 3 is 0.595 bits per heavy atom. The molecule has 0 heterocycles. The molecule has 4 radical (unpaired) electrons. The van der Waals surface area contributed by atoms with Crippen LogP contribution >= 0.6 is 0 Å². The van der Waals surface area contributed by atoms with E-state index in [0.29, 0.717) is 0 Å². The third kappa shape index (κ3) is 52.5. The molecule has 0 aliphatic heterocycles. The number of aliphatic hydroxyl groups excluding tert-OH is 4. The van der Waals surface area contributed by atoms with Gasteiger partial charge in [-0.05, 0) is 55.4 Å². The molecule has 8 unspecified atom stereocenters. The van der Waals surface area contributed by atoms with Gasteiger partial charge in [-0.2, -0.15) is 0 Å². The van der Waals surface area contributed by atoms with E-state index in [1.807, 2.05) is 0 Å². The molecule has 37 heavy (non-hydrogen) atoms. The molecule has 0 fully saturated rings. The van der Waals surface area contributed by atoms with Crippen LogP contribution in [0.3, 0.4) is 0 Å². The molecule has 0 aliphatic rings. The van der Waals surface area contributed by atoms with Crippen molar-refractivity contribution in [2.45, 2.75) is 105 Å². The van der Waals surface area contributed by atoms with E-state index in [1.165, 1.54) is 27.7 Å². The monoisotopic (exact) mass is 648 g/mol. The van der Waals surface area contributed by atoms with E-state index in [0.717, 1.165) is 0 Å². The number of hydrogen-bond donors (Lipinski definition) is 4. The van der Waals surface area contributed by atoms with Gasteiger partial charge in [0, 0.05) is 23.9 Å². The van der Waals surface area contributed by atoms with E-state index < -0.39 is 25.2 Å². The minimum Gasteiger partial charge on any atom is -0.366 e. The van der Waals surface area contributed by atoms with Gasteiger partial charge in [-0.15, -0.1) is 26.3 Å². The van der Waals surface area contributed by atoms with Crippen LogP contribution in [0.15, 0.2) is 50.6 Å². The van der Waals surface area contributed by atoms with Gasteiger partial charge in [0.15, 0.2) is 25.2 Å². The Kier molecular flexibility index (Phi) is 41.5. The predicted molar refractivity (Wildman–Crippen MR) is 140 cm³/mol. The molecule has 0 aliphatic carbocycles. The van der Waals surface area contributed by atoms with Crippen LogP contribution in [0.2, 0.25) is 0 Å². The van der Waals surface area contributed by atoms with Crippen molar-refractivity contribution in [2.75, 3.05) is 0 Å². The maximum atomic E-state index is 8.52. The first kappa shape index (κ1) is 46.2. The Balaban J connectivity index is -0.000000122. The van der Waals surface area contributed by atoms with Crippen molar-refractivity contribution in [1.82, 2.24) is 0 Å². The van der Waals surface area contributed by atoms with Crippen molar-refractivity contribution in [2.24, 2.45) is 0 Å². The number of hydrogen-bond acceptors (Lipinski definition) is 12. The minimum absolute atomic E-state index is 0. The first-order chi connectivity index (χ1) is 16.7. The molecular formula is C24H48O12Sn. The summed E-state index contributed by atoms with van der Waals surface area (Å²) in [6.45, 7) is 26.7. The molecule has 220 valence electrons. The maximum Gasteiger partial charge on any atom is 0.185 e. The molecule has 13 heteroatoms. The summed E-state index contributed by atoms with van der Waals surface area (Å²) in [5.41, 5.74) is 0. The molecule has 0 amide bonds. The third-order valence-electron chi connectivity index (χ3n) is 2.71. The summed E-state index contributed by atoms with van der Waals surface area (Å²) in [4.78, 5) is 35.9. The molecule has 8 atom stereocenters. The predicted octanol–water partition coefficient (Wildman–Crippen LogP) is 3.01. The van der Waals surface area contributed by atoms with Gasteiger partial charge in [-0.1, -0.05) is 24.3 Å². The zero-order valence-electron chi connectivity index (χ0n) is 23.3. The molecule has 0 bridgehead atoms. The molecule has 0 saturated carbocycles. The molecule has 0 rings (SSSR count). The summed E-state index contributed by atoms with van der Waals surface area (Å²) in [6, 6.07) is 0. The van der Waals surface area contributed by atoms with E-state index in [2.05, 4.69) is 65.4 Å². The van der Waals surface area contributed by atoms with Gasteiger partial charge in [0.1, 0.15) is 24.4 Å². The van der Waals surface area contributed by atoms with Crippen molar-refractivity contribution < 1.29 is 59.5 Å². The molecule has 4 N–H and O–H groups in total. The molecular weight excluding hydrogens is 599 g/mol. The second-order valence-electron chi connectivity index (χ2n) is 6.93. The minimum atomic E-state index is -0.882. The molecule has 0 aromatic heterocycles. The molecule has 0 aromatic rings. The van der Waals surface area contributed by atoms with Crippen molar-refractivity contribution in [3.8, 4) is 0 Å². The van der Waals surface area contributed by atoms with Gasteiger partial charge in [-0.3, -0.25) is 0 Å². The smallest absolute Gasteiger partial charge is 0.185 e. The Labute approximate surface area is 238 Å². The van der Waals surface area contributed by atoms with E-state index in [1.54, 1.807) is 52.0 Å². The Hall–Kier alpha value is -0.721. The van der Waals surface area contributed by atoms with Crippen LogP contribution < -0.4 is 0 Å². The summed E-state index contributed by atoms with van der Waals surface area (Å²) in [5.74, 6) is 0. The summed E-state index contributed by atoms with van der Waals surface area (Å²) < 4.78 is 0. The normalized spacial score (nSPS) is 16.3. The average Bonchev–Trinajstić information content (AvgIpc) is 2.83. The third-order valence-corrected chi connectivity index (χ3v) is 2.71. The number of rotatable bonds is 16.